The molecule has 0 aromatic heterocycles. The minimum Gasteiger partial charge on any atom is -0.460 e. The molecule has 1 unspecified atom stereocenters. The summed E-state index contributed by atoms with van der Waals surface area (Å²) in [5, 5.41) is 14.0. The SMILES string of the molecule is COCCOC(=O)C1=C(CF)NC(C)=C(C(=O)OC(C)C)C1c1cccc([N+](=O)[O-])c1. The Labute approximate surface area is 179 Å². The van der Waals surface area contributed by atoms with Crippen LogP contribution in [0.2, 0.25) is 0 Å². The van der Waals surface area contributed by atoms with E-state index in [0.717, 1.165) is 0 Å². The van der Waals surface area contributed by atoms with E-state index in [9.17, 15) is 24.1 Å². The number of hydrogen-bond donors (Lipinski definition) is 1. The van der Waals surface area contributed by atoms with E-state index in [-0.39, 0.29) is 47.0 Å². The smallest absolute Gasteiger partial charge is 0.337 e. The summed E-state index contributed by atoms with van der Waals surface area (Å²) >= 11 is 0. The number of ether oxygens (including phenoxy) is 3. The lowest BCUT2D eigenvalue weighted by Crippen LogP contribution is -2.34. The average Bonchev–Trinajstić information content (AvgIpc) is 2.72. The molecule has 0 fully saturated rings. The number of nitro benzene ring substituents is 1. The number of hydrogen-bond acceptors (Lipinski definition) is 8. The highest BCUT2D eigenvalue weighted by Gasteiger charge is 2.39. The zero-order valence-corrected chi connectivity index (χ0v) is 17.8. The largest absolute Gasteiger partial charge is 0.460 e. The normalized spacial score (nSPS) is 16.3. The van der Waals surface area contributed by atoms with Crippen LogP contribution in [0.25, 0.3) is 0 Å². The first kappa shape index (κ1) is 24.0. The molecule has 9 nitrogen and oxygen atoms in total. The summed E-state index contributed by atoms with van der Waals surface area (Å²) in [6.07, 6.45) is -0.456. The van der Waals surface area contributed by atoms with Gasteiger partial charge in [-0.2, -0.15) is 0 Å². The minimum absolute atomic E-state index is 0.0464. The molecule has 0 bridgehead atoms. The highest BCUT2D eigenvalue weighted by Crippen LogP contribution is 2.40. The van der Waals surface area contributed by atoms with Crippen molar-refractivity contribution >= 4 is 17.6 Å². The first-order chi connectivity index (χ1) is 14.7. The summed E-state index contributed by atoms with van der Waals surface area (Å²) in [7, 11) is 1.43. The Hall–Kier alpha value is -3.27. The van der Waals surface area contributed by atoms with Crippen molar-refractivity contribution in [1.29, 1.82) is 0 Å². The monoisotopic (exact) mass is 436 g/mol. The van der Waals surface area contributed by atoms with Crippen molar-refractivity contribution in [2.75, 3.05) is 27.0 Å². The van der Waals surface area contributed by atoms with Crippen LogP contribution < -0.4 is 5.32 Å². The number of allylic oxidation sites excluding steroid dienone is 2. The number of methoxy groups -OCH3 is 1. The second-order valence-electron chi connectivity index (χ2n) is 7.06. The first-order valence-electron chi connectivity index (χ1n) is 9.59. The molecule has 0 saturated heterocycles. The van der Waals surface area contributed by atoms with Gasteiger partial charge in [-0.15, -0.1) is 0 Å². The van der Waals surface area contributed by atoms with Crippen LogP contribution in [0.3, 0.4) is 0 Å². The number of esters is 2. The van der Waals surface area contributed by atoms with E-state index in [1.807, 2.05) is 0 Å². The van der Waals surface area contributed by atoms with Gasteiger partial charge < -0.3 is 19.5 Å². The van der Waals surface area contributed by atoms with Gasteiger partial charge in [-0.1, -0.05) is 12.1 Å². The Kier molecular flexibility index (Phi) is 8.26. The Morgan fingerprint density at radius 3 is 2.52 bits per heavy atom. The molecular formula is C21H25FN2O7. The van der Waals surface area contributed by atoms with Crippen LogP contribution in [0.5, 0.6) is 0 Å². The summed E-state index contributed by atoms with van der Waals surface area (Å²) in [6.45, 7) is 3.86. The number of non-ortho nitro benzene ring substituents is 1. The number of benzene rings is 1. The number of carbonyl (C=O) groups is 2. The summed E-state index contributed by atoms with van der Waals surface area (Å²) in [5.74, 6) is -2.71. The van der Waals surface area contributed by atoms with Crippen molar-refractivity contribution in [3.05, 3.63) is 62.5 Å². The first-order valence-corrected chi connectivity index (χ1v) is 9.59. The van der Waals surface area contributed by atoms with E-state index in [1.54, 1.807) is 20.8 Å². The molecule has 10 heteroatoms. The summed E-state index contributed by atoms with van der Waals surface area (Å²) in [5.41, 5.74) is 0.112. The fraction of sp³-hybridized carbons (Fsp3) is 0.429. The predicted octanol–water partition coefficient (Wildman–Crippen LogP) is 2.92. The molecule has 0 spiro atoms. The molecule has 1 heterocycles. The molecule has 168 valence electrons. The van der Waals surface area contributed by atoms with E-state index >= 15 is 0 Å². The van der Waals surface area contributed by atoms with Crippen molar-refractivity contribution in [2.45, 2.75) is 32.8 Å². The molecule has 1 aliphatic rings. The van der Waals surface area contributed by atoms with E-state index < -0.39 is 35.6 Å². The molecule has 2 rings (SSSR count). The molecule has 0 aliphatic carbocycles. The molecule has 1 aliphatic heterocycles. The van der Waals surface area contributed by atoms with Gasteiger partial charge in [0.15, 0.2) is 0 Å². The molecular weight excluding hydrogens is 411 g/mol. The molecule has 1 atom stereocenters. The Morgan fingerprint density at radius 2 is 1.94 bits per heavy atom. The summed E-state index contributed by atoms with van der Waals surface area (Å²) in [6, 6.07) is 5.48. The second kappa shape index (κ2) is 10.7. The Morgan fingerprint density at radius 1 is 1.23 bits per heavy atom. The van der Waals surface area contributed by atoms with Crippen LogP contribution in [-0.2, 0) is 23.8 Å². The number of carbonyl (C=O) groups excluding carboxylic acids is 2. The quantitative estimate of drug-likeness (QED) is 0.272. The van der Waals surface area contributed by atoms with Gasteiger partial charge >= 0.3 is 11.9 Å². The molecule has 0 amide bonds. The van der Waals surface area contributed by atoms with Crippen molar-refractivity contribution in [1.82, 2.24) is 5.32 Å². The van der Waals surface area contributed by atoms with Crippen LogP contribution in [0, 0.1) is 10.1 Å². The zero-order valence-electron chi connectivity index (χ0n) is 17.8. The minimum atomic E-state index is -1.12. The topological polar surface area (TPSA) is 117 Å². The highest BCUT2D eigenvalue weighted by atomic mass is 19.1. The van der Waals surface area contributed by atoms with Gasteiger partial charge in [0.05, 0.1) is 40.4 Å². The van der Waals surface area contributed by atoms with E-state index in [1.165, 1.54) is 31.4 Å². The van der Waals surface area contributed by atoms with Gasteiger partial charge in [0.1, 0.15) is 13.3 Å². The van der Waals surface area contributed by atoms with Gasteiger partial charge in [-0.05, 0) is 26.3 Å². The number of nitrogens with one attached hydrogen (secondary N) is 1. The fourth-order valence-corrected chi connectivity index (χ4v) is 3.24. The molecule has 1 aromatic rings. The summed E-state index contributed by atoms with van der Waals surface area (Å²) in [4.78, 5) is 36.5. The Balaban J connectivity index is 2.66. The van der Waals surface area contributed by atoms with Gasteiger partial charge in [0.25, 0.3) is 5.69 Å². The average molecular weight is 436 g/mol. The van der Waals surface area contributed by atoms with Gasteiger partial charge in [-0.3, -0.25) is 10.1 Å². The van der Waals surface area contributed by atoms with Gasteiger partial charge in [-0.25, -0.2) is 14.0 Å². The fourth-order valence-electron chi connectivity index (χ4n) is 3.24. The van der Waals surface area contributed by atoms with Crippen molar-refractivity contribution in [3.8, 4) is 0 Å². The van der Waals surface area contributed by atoms with Crippen LogP contribution >= 0.6 is 0 Å². The number of alkyl halides is 1. The molecule has 1 aromatic carbocycles. The van der Waals surface area contributed by atoms with E-state index in [4.69, 9.17) is 14.2 Å². The zero-order chi connectivity index (χ0) is 23.1. The van der Waals surface area contributed by atoms with Gasteiger partial charge in [0, 0.05) is 24.9 Å². The lowest BCUT2D eigenvalue weighted by atomic mass is 9.80. The molecule has 0 saturated carbocycles. The summed E-state index contributed by atoms with van der Waals surface area (Å²) < 4.78 is 29.3. The standard InChI is InChI=1S/C21H25FN2O7/c1-12(2)31-21(26)17-13(3)23-16(11-22)19(20(25)30-9-8-29-4)18(17)14-6-5-7-15(10-14)24(27)28/h5-7,10,12,18,23H,8-9,11H2,1-4H3. The third-order valence-corrected chi connectivity index (χ3v) is 4.50. The molecule has 31 heavy (non-hydrogen) atoms. The lowest BCUT2D eigenvalue weighted by molar-refractivity contribution is -0.384. The number of rotatable bonds is 9. The van der Waals surface area contributed by atoms with Gasteiger partial charge in [0.2, 0.25) is 0 Å². The molecule has 1 N–H and O–H groups in total. The van der Waals surface area contributed by atoms with E-state index in [0.29, 0.717) is 0 Å². The van der Waals surface area contributed by atoms with Crippen molar-refractivity contribution in [3.63, 3.8) is 0 Å². The number of halogens is 1. The highest BCUT2D eigenvalue weighted by molar-refractivity contribution is 6.00. The van der Waals surface area contributed by atoms with Crippen LogP contribution in [-0.4, -0.2) is 50.0 Å². The van der Waals surface area contributed by atoms with Crippen LogP contribution in [0.4, 0.5) is 10.1 Å². The maximum Gasteiger partial charge on any atom is 0.337 e. The maximum absolute atomic E-state index is 13.9. The van der Waals surface area contributed by atoms with E-state index in [2.05, 4.69) is 5.32 Å². The van der Waals surface area contributed by atoms with Crippen LogP contribution in [0.1, 0.15) is 32.3 Å². The van der Waals surface area contributed by atoms with Crippen molar-refractivity contribution in [2.24, 2.45) is 0 Å². The Bertz CT molecular complexity index is 924. The second-order valence-corrected chi connectivity index (χ2v) is 7.06. The molecule has 0 radical (unpaired) electrons. The van der Waals surface area contributed by atoms with Crippen molar-refractivity contribution < 1.29 is 33.1 Å². The third-order valence-electron chi connectivity index (χ3n) is 4.50. The maximum atomic E-state index is 13.9. The number of nitro groups is 1. The third kappa shape index (κ3) is 5.66. The predicted molar refractivity (Wildman–Crippen MR) is 109 cm³/mol. The number of nitrogens with zero attached hydrogens (tertiary/aromatic N) is 1. The number of dihydropyridines is 1. The van der Waals surface area contributed by atoms with Crippen LogP contribution in [0.15, 0.2) is 46.8 Å². The lowest BCUT2D eigenvalue weighted by Gasteiger charge is -2.31.